The number of anilines is 2. The van der Waals surface area contributed by atoms with Crippen molar-refractivity contribution in [3.63, 3.8) is 0 Å². The van der Waals surface area contributed by atoms with E-state index in [0.717, 1.165) is 72.4 Å². The Balaban J connectivity index is 0.00000436. The van der Waals surface area contributed by atoms with E-state index < -0.39 is 0 Å². The number of ether oxygens (including phenoxy) is 1. The number of pyridine rings is 1. The van der Waals surface area contributed by atoms with Crippen molar-refractivity contribution in [1.82, 2.24) is 14.1 Å². The molecule has 0 unspecified atom stereocenters. The Kier molecular flexibility index (Phi) is 9.52. The molecule has 0 saturated carbocycles. The summed E-state index contributed by atoms with van der Waals surface area (Å²) >= 11 is 0. The Bertz CT molecular complexity index is 2960. The molecule has 9 aromatic rings. The second kappa shape index (κ2) is 14.8. The Morgan fingerprint density at radius 2 is 1.31 bits per heavy atom. The van der Waals surface area contributed by atoms with E-state index in [4.69, 9.17) is 9.72 Å². The van der Waals surface area contributed by atoms with Gasteiger partial charge < -0.3 is 23.7 Å². The van der Waals surface area contributed by atoms with Crippen LogP contribution in [0.15, 0.2) is 164 Å². The number of para-hydroxylation sites is 2. The third-order valence-corrected chi connectivity index (χ3v) is 10.8. The van der Waals surface area contributed by atoms with Gasteiger partial charge in [0.2, 0.25) is 0 Å². The van der Waals surface area contributed by atoms with Crippen molar-refractivity contribution in [1.29, 1.82) is 0 Å². The quantitative estimate of drug-likeness (QED) is 0.118. The number of rotatable bonds is 7. The maximum absolute atomic E-state index is 6.58. The number of hydrogen-bond acceptors (Lipinski definition) is 4. The number of fused-ring (bicyclic) bond motifs is 5. The van der Waals surface area contributed by atoms with Crippen LogP contribution in [0, 0.1) is 25.7 Å². The summed E-state index contributed by atoms with van der Waals surface area (Å²) in [4.78, 5) is 9.29. The molecule has 0 radical (unpaired) electrons. The van der Waals surface area contributed by atoms with E-state index in [0.29, 0.717) is 11.5 Å². The van der Waals surface area contributed by atoms with Crippen molar-refractivity contribution in [2.24, 2.45) is 0 Å². The summed E-state index contributed by atoms with van der Waals surface area (Å²) in [7, 11) is 0. The average molecular weight is 845 g/mol. The monoisotopic (exact) mass is 844 g/mol. The van der Waals surface area contributed by atoms with Gasteiger partial charge in [0, 0.05) is 66.0 Å². The largest absolute Gasteiger partial charge is 0.509 e. The van der Waals surface area contributed by atoms with Gasteiger partial charge in [0.1, 0.15) is 5.82 Å². The minimum absolute atomic E-state index is 0. The molecule has 288 valence electrons. The molecule has 0 aliphatic carbocycles. The van der Waals surface area contributed by atoms with Crippen molar-refractivity contribution in [3.8, 4) is 34.1 Å². The van der Waals surface area contributed by atoms with E-state index in [1.54, 1.807) is 0 Å². The van der Waals surface area contributed by atoms with Gasteiger partial charge in [0.15, 0.2) is 0 Å². The van der Waals surface area contributed by atoms with E-state index >= 15 is 0 Å². The van der Waals surface area contributed by atoms with Crippen LogP contribution in [0.1, 0.15) is 31.9 Å². The van der Waals surface area contributed by atoms with Crippen LogP contribution in [0.4, 0.5) is 11.4 Å². The van der Waals surface area contributed by atoms with Crippen LogP contribution in [-0.2, 0) is 25.8 Å². The van der Waals surface area contributed by atoms with Gasteiger partial charge in [-0.05, 0) is 77.8 Å². The van der Waals surface area contributed by atoms with E-state index in [1.165, 1.54) is 5.56 Å². The smallest absolute Gasteiger partial charge is 0.135 e. The zero-order chi connectivity index (χ0) is 38.7. The molecule has 4 heterocycles. The van der Waals surface area contributed by atoms with Crippen molar-refractivity contribution >= 4 is 44.2 Å². The van der Waals surface area contributed by atoms with Crippen LogP contribution in [0.25, 0.3) is 55.5 Å². The summed E-state index contributed by atoms with van der Waals surface area (Å²) in [5, 5.41) is 2.18. The molecule has 0 N–H and O–H groups in total. The number of aromatic nitrogens is 3. The van der Waals surface area contributed by atoms with Crippen molar-refractivity contribution < 1.29 is 25.2 Å². The van der Waals surface area contributed by atoms with Crippen molar-refractivity contribution in [2.75, 3.05) is 9.80 Å². The third kappa shape index (κ3) is 6.57. The molecule has 0 spiro atoms. The van der Waals surface area contributed by atoms with Crippen molar-refractivity contribution in [2.45, 2.75) is 33.1 Å². The first-order chi connectivity index (χ1) is 27.8. The predicted molar refractivity (Wildman–Crippen MR) is 233 cm³/mol. The first-order valence-electron chi connectivity index (χ1n) is 19.3. The Morgan fingerprint density at radius 1 is 0.621 bits per heavy atom. The molecular formula is C51H40N5OPd-3. The van der Waals surface area contributed by atoms with Crippen LogP contribution in [0.2, 0.25) is 0 Å². The van der Waals surface area contributed by atoms with Crippen LogP contribution in [-0.4, -0.2) is 14.1 Å². The van der Waals surface area contributed by atoms with Gasteiger partial charge in [-0.3, -0.25) is 0 Å². The maximum Gasteiger partial charge on any atom is 0.135 e. The molecule has 6 aromatic carbocycles. The second-order valence-corrected chi connectivity index (χ2v) is 15.6. The van der Waals surface area contributed by atoms with Gasteiger partial charge in [0.05, 0.1) is 11.0 Å². The zero-order valence-corrected chi connectivity index (χ0v) is 34.2. The Hall–Kier alpha value is -6.39. The van der Waals surface area contributed by atoms with Crippen LogP contribution in [0.3, 0.4) is 0 Å². The fourth-order valence-electron chi connectivity index (χ4n) is 7.91. The summed E-state index contributed by atoms with van der Waals surface area (Å²) in [6, 6.07) is 57.8. The zero-order valence-electron chi connectivity index (χ0n) is 32.6. The summed E-state index contributed by atoms with van der Waals surface area (Å²) in [6.07, 6.45) is 6.08. The third-order valence-electron chi connectivity index (χ3n) is 10.8. The number of nitrogens with zero attached hydrogens (tertiary/aromatic N) is 5. The average Bonchev–Trinajstić information content (AvgIpc) is 3.94. The number of benzene rings is 6. The van der Waals surface area contributed by atoms with Crippen LogP contribution in [0.5, 0.6) is 11.5 Å². The van der Waals surface area contributed by atoms with E-state index in [9.17, 15) is 0 Å². The Labute approximate surface area is 352 Å². The molecule has 58 heavy (non-hydrogen) atoms. The topological polar surface area (TPSA) is 38.5 Å². The predicted octanol–water partition coefficient (Wildman–Crippen LogP) is 12.7. The SMILES string of the molecule is Cc1cc(-n2c3[c-]c(Oc4[c-]c(N5C=CN(c6ccc(C(C)(C)C)cc6)[CH-]5)ccc4)ccc3c3c2c2ccccc2n3-c2ccccc2)ncc1-c1ccccc1.[Pd]. The van der Waals surface area contributed by atoms with E-state index in [-0.39, 0.29) is 25.8 Å². The molecular weight excluding hydrogens is 805 g/mol. The normalized spacial score (nSPS) is 12.8. The molecule has 7 heteroatoms. The summed E-state index contributed by atoms with van der Waals surface area (Å²) in [5.41, 5.74) is 12.0. The van der Waals surface area contributed by atoms with Gasteiger partial charge in [0.25, 0.3) is 0 Å². The standard InChI is InChI=1S/C51H40N5O.Pd/c1-35-30-48(52-33-45(35)36-14-7-5-8-15-36)56-47-32-42(26-27-44(47)49-50(56)43-20-11-12-21-46(43)55(49)39-16-9-6-10-17-39)57-41-19-13-18-40(31-41)54-29-28-53(34-54)38-24-22-37(23-25-38)51(2,3)4;/h5-30,33-34H,1-4H3;/q-3;. The van der Waals surface area contributed by atoms with E-state index in [2.05, 4.69) is 187 Å². The molecule has 0 saturated heterocycles. The van der Waals surface area contributed by atoms with Crippen LogP contribution >= 0.6 is 0 Å². The summed E-state index contributed by atoms with van der Waals surface area (Å²) in [5.74, 6) is 2.01. The van der Waals surface area contributed by atoms with Gasteiger partial charge in [-0.2, -0.15) is 12.1 Å². The fraction of sp³-hybridized carbons (Fsp3) is 0.0980. The second-order valence-electron chi connectivity index (χ2n) is 15.6. The molecule has 3 aromatic heterocycles. The molecule has 0 atom stereocenters. The fourth-order valence-corrected chi connectivity index (χ4v) is 7.91. The molecule has 6 nitrogen and oxygen atoms in total. The molecule has 1 aliphatic rings. The molecule has 0 amide bonds. The molecule has 1 aliphatic heterocycles. The number of aryl methyl sites for hydroxylation is 1. The van der Waals surface area contributed by atoms with E-state index in [1.807, 2.05) is 42.7 Å². The molecule has 0 bridgehead atoms. The maximum atomic E-state index is 6.58. The van der Waals surface area contributed by atoms with Gasteiger partial charge in [-0.25, -0.2) is 4.98 Å². The van der Waals surface area contributed by atoms with Crippen LogP contribution < -0.4 is 14.5 Å². The minimum atomic E-state index is 0. The van der Waals surface area contributed by atoms with Crippen molar-refractivity contribution in [3.05, 3.63) is 194 Å². The van der Waals surface area contributed by atoms with Gasteiger partial charge in [-0.1, -0.05) is 111 Å². The van der Waals surface area contributed by atoms with Gasteiger partial charge in [-0.15, -0.1) is 42.7 Å². The minimum Gasteiger partial charge on any atom is -0.509 e. The first kappa shape index (κ1) is 37.2. The Morgan fingerprint density at radius 3 is 2.07 bits per heavy atom. The summed E-state index contributed by atoms with van der Waals surface area (Å²) in [6.45, 7) is 10.9. The first-order valence-corrected chi connectivity index (χ1v) is 19.3. The molecule has 10 rings (SSSR count). The molecule has 0 fully saturated rings. The summed E-state index contributed by atoms with van der Waals surface area (Å²) < 4.78 is 11.2. The van der Waals surface area contributed by atoms with Gasteiger partial charge >= 0.3 is 0 Å². The number of hydrogen-bond donors (Lipinski definition) is 0.